The van der Waals surface area contributed by atoms with Crippen molar-refractivity contribution in [3.63, 3.8) is 0 Å². The Morgan fingerprint density at radius 2 is 2.18 bits per heavy atom. The second kappa shape index (κ2) is 6.66. The molecule has 1 aliphatic carbocycles. The topological polar surface area (TPSA) is 125 Å². The third-order valence-corrected chi connectivity index (χ3v) is 5.20. The van der Waals surface area contributed by atoms with Crippen molar-refractivity contribution < 1.29 is 14.3 Å². The lowest BCUT2D eigenvalue weighted by Gasteiger charge is -2.29. The van der Waals surface area contributed by atoms with Crippen LogP contribution in [-0.2, 0) is 11.2 Å². The highest BCUT2D eigenvalue weighted by molar-refractivity contribution is 6.00. The lowest BCUT2D eigenvalue weighted by atomic mass is 9.75. The number of primary amides is 1. The molecule has 0 spiro atoms. The predicted octanol–water partition coefficient (Wildman–Crippen LogP) is 1.43. The number of carbonyl (C=O) groups is 2. The van der Waals surface area contributed by atoms with Crippen LogP contribution in [0, 0.1) is 12.3 Å². The standard InChI is InChI=1S/C19H24N6O3/c1-10-15-12(6-19(2,3)7-13(15)26)25(24-10)14-8-21-16(17(20)27)18(23-14)22-11-4-5-28-9-11/h8,11H,4-7,9H2,1-3H3,(H2,20,27)(H,22,23). The minimum absolute atomic E-state index is 0.0384. The number of anilines is 1. The van der Waals surface area contributed by atoms with Gasteiger partial charge in [-0.3, -0.25) is 9.59 Å². The van der Waals surface area contributed by atoms with Gasteiger partial charge in [-0.25, -0.2) is 14.6 Å². The number of nitrogens with one attached hydrogen (secondary N) is 1. The Labute approximate surface area is 162 Å². The van der Waals surface area contributed by atoms with Crippen LogP contribution in [0.3, 0.4) is 0 Å². The van der Waals surface area contributed by atoms with E-state index in [4.69, 9.17) is 10.5 Å². The van der Waals surface area contributed by atoms with E-state index in [2.05, 4.69) is 34.2 Å². The Morgan fingerprint density at radius 1 is 1.39 bits per heavy atom. The Morgan fingerprint density at radius 3 is 2.86 bits per heavy atom. The molecule has 1 aliphatic heterocycles. The fraction of sp³-hybridized carbons (Fsp3) is 0.526. The number of nitrogens with zero attached hydrogens (tertiary/aromatic N) is 4. The van der Waals surface area contributed by atoms with Gasteiger partial charge in [-0.1, -0.05) is 13.8 Å². The SMILES string of the molecule is Cc1nn(-c2cnc(C(N)=O)c(NC3CCOC3)n2)c2c1C(=O)CC(C)(C)C2. The summed E-state index contributed by atoms with van der Waals surface area (Å²) < 4.78 is 7.04. The van der Waals surface area contributed by atoms with Gasteiger partial charge in [0, 0.05) is 13.0 Å². The molecule has 1 unspecified atom stereocenters. The van der Waals surface area contributed by atoms with Gasteiger partial charge in [0.25, 0.3) is 5.91 Å². The fourth-order valence-corrected chi connectivity index (χ4v) is 3.93. The summed E-state index contributed by atoms with van der Waals surface area (Å²) in [6, 6.07) is 0.0384. The first-order chi connectivity index (χ1) is 13.2. The summed E-state index contributed by atoms with van der Waals surface area (Å²) in [7, 11) is 0. The molecule has 9 heteroatoms. The molecule has 4 rings (SSSR count). The molecule has 3 N–H and O–H groups in total. The van der Waals surface area contributed by atoms with E-state index in [1.54, 1.807) is 4.68 Å². The van der Waals surface area contributed by atoms with E-state index < -0.39 is 5.91 Å². The summed E-state index contributed by atoms with van der Waals surface area (Å²) >= 11 is 0. The highest BCUT2D eigenvalue weighted by Gasteiger charge is 2.36. The van der Waals surface area contributed by atoms with E-state index in [0.717, 1.165) is 12.1 Å². The molecule has 2 aromatic heterocycles. The van der Waals surface area contributed by atoms with E-state index in [-0.39, 0.29) is 22.9 Å². The molecule has 0 saturated carbocycles. The third-order valence-electron chi connectivity index (χ3n) is 5.20. The monoisotopic (exact) mass is 384 g/mol. The summed E-state index contributed by atoms with van der Waals surface area (Å²) in [5.74, 6) is 0.193. The molecule has 148 valence electrons. The summed E-state index contributed by atoms with van der Waals surface area (Å²) in [5, 5.41) is 7.76. The average molecular weight is 384 g/mol. The lowest BCUT2D eigenvalue weighted by molar-refractivity contribution is 0.0909. The molecule has 1 amide bonds. The molecule has 0 radical (unpaired) electrons. The quantitative estimate of drug-likeness (QED) is 0.817. The van der Waals surface area contributed by atoms with Gasteiger partial charge >= 0.3 is 0 Å². The molecule has 1 saturated heterocycles. The average Bonchev–Trinajstić information content (AvgIpc) is 3.21. The number of nitrogens with two attached hydrogens (primary N) is 1. The van der Waals surface area contributed by atoms with Crippen LogP contribution in [0.15, 0.2) is 6.20 Å². The highest BCUT2D eigenvalue weighted by atomic mass is 16.5. The van der Waals surface area contributed by atoms with E-state index >= 15 is 0 Å². The van der Waals surface area contributed by atoms with Crippen LogP contribution in [-0.4, -0.2) is 50.7 Å². The van der Waals surface area contributed by atoms with E-state index in [1.165, 1.54) is 6.20 Å². The van der Waals surface area contributed by atoms with Crippen molar-refractivity contribution >= 4 is 17.5 Å². The summed E-state index contributed by atoms with van der Waals surface area (Å²) in [5.41, 5.74) is 7.56. The molecule has 2 aromatic rings. The number of ether oxygens (including phenoxy) is 1. The van der Waals surface area contributed by atoms with Gasteiger partial charge in [-0.15, -0.1) is 0 Å². The Balaban J connectivity index is 1.79. The largest absolute Gasteiger partial charge is 0.379 e. The first-order valence-corrected chi connectivity index (χ1v) is 9.38. The van der Waals surface area contributed by atoms with Crippen LogP contribution in [0.2, 0.25) is 0 Å². The van der Waals surface area contributed by atoms with Crippen molar-refractivity contribution in [1.29, 1.82) is 0 Å². The van der Waals surface area contributed by atoms with Crippen LogP contribution >= 0.6 is 0 Å². The number of hydrogen-bond acceptors (Lipinski definition) is 7. The molecule has 3 heterocycles. The fourth-order valence-electron chi connectivity index (χ4n) is 3.93. The Hall–Kier alpha value is -2.81. The number of fused-ring (bicyclic) bond motifs is 1. The first-order valence-electron chi connectivity index (χ1n) is 9.38. The van der Waals surface area contributed by atoms with Crippen LogP contribution < -0.4 is 11.1 Å². The molecule has 2 aliphatic rings. The Kier molecular flexibility index (Phi) is 4.41. The maximum absolute atomic E-state index is 12.6. The number of carbonyl (C=O) groups excluding carboxylic acids is 2. The van der Waals surface area contributed by atoms with Crippen LogP contribution in [0.4, 0.5) is 5.82 Å². The number of aryl methyl sites for hydroxylation is 1. The molecule has 0 aromatic carbocycles. The molecule has 28 heavy (non-hydrogen) atoms. The summed E-state index contributed by atoms with van der Waals surface area (Å²) in [6.07, 6.45) is 3.47. The van der Waals surface area contributed by atoms with Crippen molar-refractivity contribution in [2.75, 3.05) is 18.5 Å². The molecular formula is C19H24N6O3. The highest BCUT2D eigenvalue weighted by Crippen LogP contribution is 2.36. The molecular weight excluding hydrogens is 360 g/mol. The van der Waals surface area contributed by atoms with Crippen molar-refractivity contribution in [1.82, 2.24) is 19.7 Å². The molecule has 0 bridgehead atoms. The number of aromatic nitrogens is 4. The zero-order valence-corrected chi connectivity index (χ0v) is 16.3. The minimum Gasteiger partial charge on any atom is -0.379 e. The first kappa shape index (κ1) is 18.5. The van der Waals surface area contributed by atoms with Crippen LogP contribution in [0.1, 0.15) is 58.9 Å². The van der Waals surface area contributed by atoms with Gasteiger partial charge in [0.05, 0.1) is 35.8 Å². The van der Waals surface area contributed by atoms with Crippen LogP contribution in [0.5, 0.6) is 0 Å². The summed E-state index contributed by atoms with van der Waals surface area (Å²) in [6.45, 7) is 7.14. The van der Waals surface area contributed by atoms with Gasteiger partial charge in [0.2, 0.25) is 0 Å². The molecule has 1 fully saturated rings. The van der Waals surface area contributed by atoms with Gasteiger partial charge in [-0.2, -0.15) is 5.10 Å². The summed E-state index contributed by atoms with van der Waals surface area (Å²) in [4.78, 5) is 33.2. The smallest absolute Gasteiger partial charge is 0.271 e. The van der Waals surface area contributed by atoms with Crippen LogP contribution in [0.25, 0.3) is 5.82 Å². The van der Waals surface area contributed by atoms with Gasteiger partial charge < -0.3 is 15.8 Å². The zero-order valence-electron chi connectivity index (χ0n) is 16.3. The second-order valence-corrected chi connectivity index (χ2v) is 8.25. The second-order valence-electron chi connectivity index (χ2n) is 8.25. The lowest BCUT2D eigenvalue weighted by Crippen LogP contribution is -2.28. The number of rotatable bonds is 4. The Bertz CT molecular complexity index is 959. The van der Waals surface area contributed by atoms with E-state index in [1.807, 2.05) is 6.92 Å². The zero-order chi connectivity index (χ0) is 20.1. The normalized spacial score (nSPS) is 20.8. The van der Waals surface area contributed by atoms with Gasteiger partial charge in [0.15, 0.2) is 23.1 Å². The van der Waals surface area contributed by atoms with Crippen molar-refractivity contribution in [3.8, 4) is 5.82 Å². The van der Waals surface area contributed by atoms with E-state index in [9.17, 15) is 9.59 Å². The van der Waals surface area contributed by atoms with Crippen molar-refractivity contribution in [3.05, 3.63) is 28.8 Å². The number of amides is 1. The van der Waals surface area contributed by atoms with Crippen molar-refractivity contribution in [2.24, 2.45) is 11.1 Å². The van der Waals surface area contributed by atoms with Gasteiger partial charge in [-0.05, 0) is 25.2 Å². The number of Topliss-reactive ketones (excluding diaryl/α,β-unsaturated/α-hetero) is 1. The number of hydrogen-bond donors (Lipinski definition) is 2. The minimum atomic E-state index is -0.657. The molecule has 1 atom stereocenters. The van der Waals surface area contributed by atoms with Crippen molar-refractivity contribution in [2.45, 2.75) is 46.1 Å². The maximum Gasteiger partial charge on any atom is 0.271 e. The molecule has 9 nitrogen and oxygen atoms in total. The third kappa shape index (κ3) is 3.26. The maximum atomic E-state index is 12.6. The van der Waals surface area contributed by atoms with E-state index in [0.29, 0.717) is 48.9 Å². The predicted molar refractivity (Wildman–Crippen MR) is 102 cm³/mol. The number of ketones is 1. The van der Waals surface area contributed by atoms with Gasteiger partial charge in [0.1, 0.15) is 0 Å².